The van der Waals surface area contributed by atoms with Crippen LogP contribution in [0.15, 0.2) is 36.7 Å². The van der Waals surface area contributed by atoms with Crippen LogP contribution in [0.3, 0.4) is 0 Å². The Morgan fingerprint density at radius 3 is 2.18 bits per heavy atom. The molecule has 0 bridgehead atoms. The van der Waals surface area contributed by atoms with Gasteiger partial charge in [0.1, 0.15) is 53.8 Å². The van der Waals surface area contributed by atoms with Gasteiger partial charge in [0.25, 0.3) is 0 Å². The molecule has 0 aliphatic carbocycles. The number of phosphoric acid groups is 1. The van der Waals surface area contributed by atoms with Crippen LogP contribution in [0.5, 0.6) is 11.5 Å². The van der Waals surface area contributed by atoms with E-state index in [1.54, 1.807) is 18.2 Å². The molecule has 0 spiro atoms. The minimum atomic E-state index is -4.82. The molecular formula is C43H65N6O10P. The molecule has 17 heteroatoms. The van der Waals surface area contributed by atoms with Crippen molar-refractivity contribution in [2.24, 2.45) is 0 Å². The number of hydrogen-bond acceptors (Lipinski definition) is 13. The van der Waals surface area contributed by atoms with E-state index in [0.717, 1.165) is 19.3 Å². The number of rotatable bonds is 30. The van der Waals surface area contributed by atoms with Crippen LogP contribution in [-0.2, 0) is 28.7 Å². The Morgan fingerprint density at radius 1 is 0.950 bits per heavy atom. The van der Waals surface area contributed by atoms with Crippen LogP contribution < -0.4 is 15.2 Å². The van der Waals surface area contributed by atoms with E-state index in [4.69, 9.17) is 40.3 Å². The summed E-state index contributed by atoms with van der Waals surface area (Å²) in [5.41, 5.74) is 4.52. The van der Waals surface area contributed by atoms with E-state index in [1.165, 1.54) is 106 Å². The number of nitrogen functional groups attached to an aromatic ring is 1. The summed E-state index contributed by atoms with van der Waals surface area (Å²) in [7, 11) is -4.82. The third-order valence-corrected chi connectivity index (χ3v) is 11.4. The summed E-state index contributed by atoms with van der Waals surface area (Å²) < 4.78 is 48.7. The molecule has 3 aromatic rings. The first-order chi connectivity index (χ1) is 28.9. The molecule has 0 saturated carbocycles. The Morgan fingerprint density at radius 2 is 1.58 bits per heavy atom. The van der Waals surface area contributed by atoms with Crippen molar-refractivity contribution in [3.8, 4) is 17.6 Å². The summed E-state index contributed by atoms with van der Waals surface area (Å²) in [5, 5.41) is 36.2. The summed E-state index contributed by atoms with van der Waals surface area (Å²) in [4.78, 5) is 18.1. The Bertz CT molecular complexity index is 1870. The van der Waals surface area contributed by atoms with Crippen LogP contribution in [-0.4, -0.2) is 86.7 Å². The Hall–Kier alpha value is -3.83. The molecule has 3 heterocycles. The fraction of sp³-hybridized carbons (Fsp3) is 0.674. The van der Waals surface area contributed by atoms with Crippen molar-refractivity contribution in [1.29, 1.82) is 5.26 Å². The average molecular weight is 857 g/mol. The van der Waals surface area contributed by atoms with Gasteiger partial charge >= 0.3 is 7.82 Å². The van der Waals surface area contributed by atoms with E-state index in [0.29, 0.717) is 29.3 Å². The van der Waals surface area contributed by atoms with Gasteiger partial charge in [-0.15, -0.1) is 0 Å². The van der Waals surface area contributed by atoms with Crippen LogP contribution >= 0.6 is 7.82 Å². The normalized spacial score (nSPS) is 20.5. The maximum absolute atomic E-state index is 13.2. The molecule has 5 N–H and O–H groups in total. The number of hydrogen-bond donors (Lipinski definition) is 4. The zero-order valence-corrected chi connectivity index (χ0v) is 36.3. The molecule has 6 atom stereocenters. The number of nitrogens with two attached hydrogens (primary N) is 1. The van der Waals surface area contributed by atoms with Crippen molar-refractivity contribution in [2.45, 2.75) is 160 Å². The van der Waals surface area contributed by atoms with Crippen LogP contribution in [0.1, 0.15) is 129 Å². The lowest BCUT2D eigenvalue weighted by molar-refractivity contribution is -0.0651. The summed E-state index contributed by atoms with van der Waals surface area (Å²) in [6, 6.07) is 9.64. The Kier molecular flexibility index (Phi) is 20.5. The van der Waals surface area contributed by atoms with Gasteiger partial charge < -0.3 is 39.8 Å². The molecule has 1 fully saturated rings. The fourth-order valence-corrected chi connectivity index (χ4v) is 7.98. The molecule has 1 unspecified atom stereocenters. The minimum Gasteiger partial charge on any atom is -0.502 e. The number of nitriles is 1. The highest BCUT2D eigenvalue weighted by atomic mass is 31.2. The smallest absolute Gasteiger partial charge is 0.472 e. The number of aliphatic hydroxyl groups excluding tert-OH is 2. The van der Waals surface area contributed by atoms with Gasteiger partial charge in [-0.1, -0.05) is 103 Å². The first-order valence-electron chi connectivity index (χ1n) is 21.5. The van der Waals surface area contributed by atoms with E-state index in [9.17, 15) is 24.9 Å². The molecule has 0 radical (unpaired) electrons. The van der Waals surface area contributed by atoms with Crippen LogP contribution in [0.25, 0.3) is 10.4 Å². The van der Waals surface area contributed by atoms with Crippen molar-refractivity contribution < 1.29 is 47.7 Å². The lowest BCUT2D eigenvalue weighted by Crippen LogP contribution is -2.41. The van der Waals surface area contributed by atoms with E-state index < -0.39 is 51.1 Å². The number of unbranched alkanes of at least 4 members (excludes halogenated alkanes) is 15. The number of anilines is 1. The van der Waals surface area contributed by atoms with Crippen molar-refractivity contribution in [2.75, 3.05) is 32.2 Å². The number of ether oxygens (including phenoxy) is 4. The maximum atomic E-state index is 13.2. The number of aromatic nitrogens is 3. The first-order valence-corrected chi connectivity index (χ1v) is 23.0. The van der Waals surface area contributed by atoms with Crippen molar-refractivity contribution in [1.82, 2.24) is 14.6 Å². The van der Waals surface area contributed by atoms with Crippen LogP contribution in [0.2, 0.25) is 0 Å². The maximum Gasteiger partial charge on any atom is 0.472 e. The van der Waals surface area contributed by atoms with Gasteiger partial charge in [0.2, 0.25) is 11.3 Å². The highest BCUT2D eigenvalue weighted by Gasteiger charge is 2.58. The molecular weight excluding hydrogens is 791 g/mol. The van der Waals surface area contributed by atoms with Gasteiger partial charge in [-0.25, -0.2) is 18.9 Å². The highest BCUT2D eigenvalue weighted by molar-refractivity contribution is 7.47. The zero-order valence-electron chi connectivity index (χ0n) is 35.5. The minimum absolute atomic E-state index is 0.0182. The van der Waals surface area contributed by atoms with E-state index >= 15 is 0 Å². The molecule has 2 aromatic heterocycles. The molecule has 4 rings (SSSR count). The van der Waals surface area contributed by atoms with Gasteiger partial charge in [-0.2, -0.15) is 10.4 Å². The summed E-state index contributed by atoms with van der Waals surface area (Å²) in [5.74, 6) is 0.783. The third kappa shape index (κ3) is 14.7. The lowest BCUT2D eigenvalue weighted by atomic mass is 9.92. The largest absolute Gasteiger partial charge is 0.502 e. The van der Waals surface area contributed by atoms with E-state index in [1.807, 2.05) is 19.9 Å². The van der Waals surface area contributed by atoms with Crippen LogP contribution in [0.4, 0.5) is 11.5 Å². The van der Waals surface area contributed by atoms with Gasteiger partial charge in [-0.05, 0) is 44.5 Å². The molecule has 16 nitrogen and oxygen atoms in total. The lowest BCUT2D eigenvalue weighted by Gasteiger charge is -2.24. The monoisotopic (exact) mass is 856 g/mol. The molecule has 1 aliphatic rings. The molecule has 332 valence electrons. The van der Waals surface area contributed by atoms with Gasteiger partial charge in [0, 0.05) is 12.7 Å². The Labute approximate surface area is 354 Å². The molecule has 1 aliphatic heterocycles. The van der Waals surface area contributed by atoms with Gasteiger partial charge in [0.15, 0.2) is 5.82 Å². The third-order valence-electron chi connectivity index (χ3n) is 10.5. The predicted molar refractivity (Wildman–Crippen MR) is 227 cm³/mol. The predicted octanol–water partition coefficient (Wildman–Crippen LogP) is 8.35. The topological polar surface area (TPSA) is 217 Å². The highest BCUT2D eigenvalue weighted by Crippen LogP contribution is 2.46. The molecule has 1 aromatic carbocycles. The quantitative estimate of drug-likeness (QED) is 0.0282. The van der Waals surface area contributed by atoms with Gasteiger partial charge in [-0.3, -0.25) is 9.05 Å². The van der Waals surface area contributed by atoms with E-state index in [2.05, 4.69) is 21.9 Å². The summed E-state index contributed by atoms with van der Waals surface area (Å²) in [6.45, 7) is 12.7. The summed E-state index contributed by atoms with van der Waals surface area (Å²) >= 11 is 0. The standard InChI is InChI=1S/C43H65N6O10P/c1-5-6-7-8-9-10-11-12-13-14-15-16-17-18-19-20-25-54-27-34(58-33-21-22-35(46-4)37(26-33)57-32(2)3)28-55-60(52,53)56-29-38-40(50)41(51)43(30-44,59-38)39-24-23-36-42(45)47-31-48-49(36)39/h21-24,26,31-32,34,38,40-41,50-51H,5-20,25,27-29H2,1-3H3,(H,52,53)(H2,45,47,48)/t34-,38-,40-,41-,43+/m1/s1. The fourth-order valence-electron chi connectivity index (χ4n) is 7.22. The second kappa shape index (κ2) is 25.2. The second-order valence-electron chi connectivity index (χ2n) is 15.7. The number of benzene rings is 1. The van der Waals surface area contributed by atoms with E-state index in [-0.39, 0.29) is 24.2 Å². The number of aliphatic hydroxyl groups is 2. The van der Waals surface area contributed by atoms with Crippen molar-refractivity contribution in [3.63, 3.8) is 0 Å². The first kappa shape index (κ1) is 48.8. The second-order valence-corrected chi connectivity index (χ2v) is 17.1. The number of phosphoric ester groups is 1. The van der Waals surface area contributed by atoms with Crippen molar-refractivity contribution >= 4 is 24.8 Å². The number of fused-ring (bicyclic) bond motifs is 1. The number of nitrogens with zero attached hydrogens (tertiary/aromatic N) is 5. The summed E-state index contributed by atoms with van der Waals surface area (Å²) in [6.07, 6.45) is 15.4. The van der Waals surface area contributed by atoms with Crippen molar-refractivity contribution in [3.05, 3.63) is 53.8 Å². The molecule has 1 saturated heterocycles. The Balaban J connectivity index is 1.25. The zero-order chi connectivity index (χ0) is 43.4. The SMILES string of the molecule is [C-]#[N+]c1ccc(O[C@H](COCCCCCCCCCCCCCCCCCC)COP(=O)(O)OC[C@H]2O[C@@](C#N)(c3ccc4c(N)ncnn34)[C@H](O)[C@@H]2O)cc1OC(C)C. The molecule has 0 amide bonds. The van der Waals surface area contributed by atoms with Crippen LogP contribution in [0, 0.1) is 17.9 Å². The van der Waals surface area contributed by atoms with Gasteiger partial charge in [0.05, 0.1) is 38.2 Å². The average Bonchev–Trinajstić information content (AvgIpc) is 3.78. The molecule has 60 heavy (non-hydrogen) atoms.